The van der Waals surface area contributed by atoms with Crippen molar-refractivity contribution < 1.29 is 38.0 Å². The van der Waals surface area contributed by atoms with Gasteiger partial charge in [0.1, 0.15) is 6.10 Å². The first kappa shape index (κ1) is 26.1. The first-order chi connectivity index (χ1) is 16.9. The lowest BCUT2D eigenvalue weighted by Gasteiger charge is -2.30. The fraction of sp³-hybridized carbons (Fsp3) is 0.444. The van der Waals surface area contributed by atoms with E-state index in [0.29, 0.717) is 58.5 Å². The molecule has 0 fully saturated rings. The van der Waals surface area contributed by atoms with E-state index in [9.17, 15) is 4.79 Å². The number of esters is 1. The van der Waals surface area contributed by atoms with Gasteiger partial charge in [0.15, 0.2) is 23.0 Å². The van der Waals surface area contributed by atoms with Crippen LogP contribution in [-0.2, 0) is 16.0 Å². The Morgan fingerprint density at radius 1 is 0.800 bits per heavy atom. The van der Waals surface area contributed by atoms with Crippen molar-refractivity contribution in [3.63, 3.8) is 0 Å². The molecule has 2 aromatic rings. The largest absolute Gasteiger partial charge is 0.493 e. The second-order valence-electron chi connectivity index (χ2n) is 8.05. The summed E-state index contributed by atoms with van der Waals surface area (Å²) in [6.07, 6.45) is 3.24. The van der Waals surface area contributed by atoms with Crippen molar-refractivity contribution >= 4 is 5.97 Å². The molecule has 190 valence electrons. The van der Waals surface area contributed by atoms with Crippen LogP contribution in [-0.4, -0.2) is 48.6 Å². The standard InChI is InChI=1S/C27H34O8/c1-9-15(2)27(28)35-18-12-10-11-16-13-19(29-3)23(31-5)25(33-7)21(16)22-17(18)14-20(30-4)24(32-6)26(22)34-8/h9,13-14,18H,10-12H2,1-8H3/b15-9-/t18-/m1/s1. The van der Waals surface area contributed by atoms with Gasteiger partial charge in [-0.2, -0.15) is 0 Å². The molecule has 0 bridgehead atoms. The Bertz CT molecular complexity index is 1120. The van der Waals surface area contributed by atoms with Gasteiger partial charge >= 0.3 is 5.97 Å². The fourth-order valence-corrected chi connectivity index (χ4v) is 4.46. The molecule has 0 spiro atoms. The van der Waals surface area contributed by atoms with Crippen LogP contribution in [0.2, 0.25) is 0 Å². The summed E-state index contributed by atoms with van der Waals surface area (Å²) >= 11 is 0. The van der Waals surface area contributed by atoms with Crippen molar-refractivity contribution in [1.82, 2.24) is 0 Å². The third kappa shape index (κ3) is 4.70. The predicted octanol–water partition coefficient (Wildman–Crippen LogP) is 5.29. The van der Waals surface area contributed by atoms with Crippen molar-refractivity contribution in [2.24, 2.45) is 0 Å². The summed E-state index contributed by atoms with van der Waals surface area (Å²) in [7, 11) is 9.40. The van der Waals surface area contributed by atoms with E-state index in [1.54, 1.807) is 62.6 Å². The van der Waals surface area contributed by atoms with Gasteiger partial charge in [0.2, 0.25) is 11.5 Å². The lowest BCUT2D eigenvalue weighted by atomic mass is 9.84. The molecule has 0 N–H and O–H groups in total. The number of hydrogen-bond acceptors (Lipinski definition) is 8. The normalized spacial score (nSPS) is 15.1. The number of ether oxygens (including phenoxy) is 7. The van der Waals surface area contributed by atoms with Crippen molar-refractivity contribution in [3.8, 4) is 45.6 Å². The summed E-state index contributed by atoms with van der Waals surface area (Å²) in [4.78, 5) is 12.8. The lowest BCUT2D eigenvalue weighted by Crippen LogP contribution is -2.17. The maximum absolute atomic E-state index is 12.8. The molecule has 0 saturated carbocycles. The summed E-state index contributed by atoms with van der Waals surface area (Å²) < 4.78 is 40.4. The topological polar surface area (TPSA) is 81.7 Å². The zero-order valence-electron chi connectivity index (χ0n) is 21.7. The minimum atomic E-state index is -0.549. The van der Waals surface area contributed by atoms with Crippen molar-refractivity contribution in [2.45, 2.75) is 39.2 Å². The SMILES string of the molecule is C/C=C(/C)C(=O)O[C@@H]1CCCc2cc(OC)c(OC)c(OC)c2-c2c1cc(OC)c(OC)c2OC. The van der Waals surface area contributed by atoms with Crippen molar-refractivity contribution in [3.05, 3.63) is 34.9 Å². The lowest BCUT2D eigenvalue weighted by molar-refractivity contribution is -0.145. The van der Waals surface area contributed by atoms with E-state index in [1.165, 1.54) is 0 Å². The third-order valence-corrected chi connectivity index (χ3v) is 6.29. The molecule has 0 heterocycles. The average molecular weight is 487 g/mol. The molecule has 0 saturated heterocycles. The van der Waals surface area contributed by atoms with Crippen LogP contribution in [0.3, 0.4) is 0 Å². The van der Waals surface area contributed by atoms with Crippen LogP contribution in [0.4, 0.5) is 0 Å². The van der Waals surface area contributed by atoms with E-state index >= 15 is 0 Å². The van der Waals surface area contributed by atoms with Gasteiger partial charge in [-0.1, -0.05) is 6.08 Å². The van der Waals surface area contributed by atoms with Crippen LogP contribution in [0.5, 0.6) is 34.5 Å². The third-order valence-electron chi connectivity index (χ3n) is 6.29. The molecule has 0 aromatic heterocycles. The van der Waals surface area contributed by atoms with Crippen molar-refractivity contribution in [1.29, 1.82) is 0 Å². The van der Waals surface area contributed by atoms with E-state index in [2.05, 4.69) is 0 Å². The predicted molar refractivity (Wildman–Crippen MR) is 132 cm³/mol. The molecule has 0 aliphatic heterocycles. The van der Waals surface area contributed by atoms with Crippen molar-refractivity contribution in [2.75, 3.05) is 42.7 Å². The smallest absolute Gasteiger partial charge is 0.333 e. The van der Waals surface area contributed by atoms with Gasteiger partial charge in [-0.3, -0.25) is 0 Å². The summed E-state index contributed by atoms with van der Waals surface area (Å²) in [6.45, 7) is 3.54. The Hall–Kier alpha value is -3.55. The number of aryl methyl sites for hydroxylation is 1. The Kier molecular flexibility index (Phi) is 8.38. The quantitative estimate of drug-likeness (QED) is 0.368. The van der Waals surface area contributed by atoms with Crippen LogP contribution in [0.1, 0.15) is 43.9 Å². The minimum Gasteiger partial charge on any atom is -0.493 e. The van der Waals surface area contributed by atoms with E-state index in [-0.39, 0.29) is 5.97 Å². The van der Waals surface area contributed by atoms with Crippen LogP contribution >= 0.6 is 0 Å². The van der Waals surface area contributed by atoms with Gasteiger partial charge in [0.05, 0.1) is 42.7 Å². The van der Waals surface area contributed by atoms with Gasteiger partial charge in [-0.05, 0) is 50.8 Å². The molecule has 1 aliphatic rings. The molecular weight excluding hydrogens is 452 g/mol. The number of fused-ring (bicyclic) bond motifs is 3. The Morgan fingerprint density at radius 2 is 1.34 bits per heavy atom. The van der Waals surface area contributed by atoms with Crippen LogP contribution in [0.15, 0.2) is 23.8 Å². The highest BCUT2D eigenvalue weighted by atomic mass is 16.5. The number of carbonyl (C=O) groups is 1. The Balaban J connectivity index is 2.46. The highest BCUT2D eigenvalue weighted by molar-refractivity contribution is 5.90. The summed E-state index contributed by atoms with van der Waals surface area (Å²) in [5.74, 6) is 2.47. The van der Waals surface area contributed by atoms with Crippen LogP contribution in [0.25, 0.3) is 11.1 Å². The Labute approximate surface area is 206 Å². The van der Waals surface area contributed by atoms with Gasteiger partial charge in [-0.15, -0.1) is 0 Å². The van der Waals surface area contributed by atoms with Gasteiger partial charge in [0, 0.05) is 22.3 Å². The summed E-state index contributed by atoms with van der Waals surface area (Å²) in [5, 5.41) is 0. The second kappa shape index (κ2) is 11.3. The second-order valence-corrected chi connectivity index (χ2v) is 8.05. The molecule has 8 heteroatoms. The van der Waals surface area contributed by atoms with E-state index in [0.717, 1.165) is 23.1 Å². The Morgan fingerprint density at radius 3 is 1.86 bits per heavy atom. The number of methoxy groups -OCH3 is 6. The van der Waals surface area contributed by atoms with Crippen LogP contribution in [0, 0.1) is 0 Å². The molecule has 8 nitrogen and oxygen atoms in total. The number of rotatable bonds is 8. The monoisotopic (exact) mass is 486 g/mol. The zero-order chi connectivity index (χ0) is 25.7. The minimum absolute atomic E-state index is 0.378. The molecule has 0 amide bonds. The van der Waals surface area contributed by atoms with E-state index < -0.39 is 6.10 Å². The first-order valence-electron chi connectivity index (χ1n) is 11.4. The molecular formula is C27H34O8. The van der Waals surface area contributed by atoms with Gasteiger partial charge < -0.3 is 33.2 Å². The molecule has 0 radical (unpaired) electrons. The van der Waals surface area contributed by atoms with Gasteiger partial charge in [-0.25, -0.2) is 4.79 Å². The highest BCUT2D eigenvalue weighted by Crippen LogP contribution is 2.56. The number of allylic oxidation sites excluding steroid dienone is 1. The number of carbonyl (C=O) groups excluding carboxylic acids is 1. The molecule has 1 aliphatic carbocycles. The first-order valence-corrected chi connectivity index (χ1v) is 11.4. The zero-order valence-corrected chi connectivity index (χ0v) is 21.7. The highest BCUT2D eigenvalue weighted by Gasteiger charge is 2.34. The number of benzene rings is 2. The number of hydrogen-bond donors (Lipinski definition) is 0. The summed E-state index contributed by atoms with van der Waals surface area (Å²) in [6, 6.07) is 3.79. The maximum Gasteiger partial charge on any atom is 0.333 e. The molecule has 3 rings (SSSR count). The van der Waals surface area contributed by atoms with Crippen LogP contribution < -0.4 is 28.4 Å². The average Bonchev–Trinajstić information content (AvgIpc) is 2.88. The van der Waals surface area contributed by atoms with E-state index in [1.807, 2.05) is 12.1 Å². The molecule has 35 heavy (non-hydrogen) atoms. The summed E-state index contributed by atoms with van der Waals surface area (Å²) in [5.41, 5.74) is 3.70. The van der Waals surface area contributed by atoms with Gasteiger partial charge in [0.25, 0.3) is 0 Å². The fourth-order valence-electron chi connectivity index (χ4n) is 4.46. The molecule has 1 atom stereocenters. The molecule has 2 aromatic carbocycles. The molecule has 0 unspecified atom stereocenters. The maximum atomic E-state index is 12.8. The van der Waals surface area contributed by atoms with E-state index in [4.69, 9.17) is 33.2 Å².